The molecule has 0 unspecified atom stereocenters. The van der Waals surface area contributed by atoms with E-state index in [9.17, 15) is 13.2 Å². The molecule has 20 heavy (non-hydrogen) atoms. The van der Waals surface area contributed by atoms with Crippen LogP contribution in [0.15, 0.2) is 23.1 Å². The van der Waals surface area contributed by atoms with Crippen LogP contribution in [0, 0.1) is 5.92 Å². The van der Waals surface area contributed by atoms with Gasteiger partial charge in [0.15, 0.2) is 0 Å². The van der Waals surface area contributed by atoms with Gasteiger partial charge in [0.05, 0.1) is 10.5 Å². The Morgan fingerprint density at radius 3 is 2.45 bits per heavy atom. The SMILES string of the molecule is CCN(CC(C)C)S(=O)(=O)c1cc(N)ccc1C(=O)O. The molecule has 0 saturated heterocycles. The standard InChI is InChI=1S/C13H20N2O4S/c1-4-15(8-9(2)3)20(18,19)12-7-10(14)5-6-11(12)13(16)17/h5-7,9H,4,8,14H2,1-3H3,(H,16,17). The van der Waals surface area contributed by atoms with Crippen molar-refractivity contribution in [1.82, 2.24) is 4.31 Å². The maximum Gasteiger partial charge on any atom is 0.337 e. The molecular formula is C13H20N2O4S. The molecule has 1 aromatic carbocycles. The highest BCUT2D eigenvalue weighted by Gasteiger charge is 2.28. The molecule has 1 rings (SSSR count). The Balaban J connectivity index is 3.40. The number of sulfonamides is 1. The van der Waals surface area contributed by atoms with Crippen molar-refractivity contribution in [2.75, 3.05) is 18.8 Å². The second-order valence-corrected chi connectivity index (χ2v) is 6.82. The Kier molecular flexibility index (Phi) is 5.13. The average molecular weight is 300 g/mol. The third-order valence-corrected chi connectivity index (χ3v) is 4.76. The van der Waals surface area contributed by atoms with Gasteiger partial charge in [0.2, 0.25) is 10.0 Å². The van der Waals surface area contributed by atoms with Crippen molar-refractivity contribution in [3.63, 3.8) is 0 Å². The van der Waals surface area contributed by atoms with Gasteiger partial charge in [0.1, 0.15) is 0 Å². The molecule has 1 aromatic rings. The number of rotatable bonds is 6. The van der Waals surface area contributed by atoms with Crippen LogP contribution in [0.5, 0.6) is 0 Å². The minimum absolute atomic E-state index is 0.138. The highest BCUT2D eigenvalue weighted by Crippen LogP contribution is 2.23. The maximum atomic E-state index is 12.6. The summed E-state index contributed by atoms with van der Waals surface area (Å²) in [5, 5.41) is 9.13. The number of carbonyl (C=O) groups is 1. The van der Waals surface area contributed by atoms with Crippen molar-refractivity contribution in [2.24, 2.45) is 5.92 Å². The fourth-order valence-electron chi connectivity index (χ4n) is 1.87. The van der Waals surface area contributed by atoms with E-state index >= 15 is 0 Å². The molecule has 6 nitrogen and oxygen atoms in total. The van der Waals surface area contributed by atoms with Gasteiger partial charge < -0.3 is 10.8 Å². The summed E-state index contributed by atoms with van der Waals surface area (Å²) in [6, 6.07) is 3.79. The monoisotopic (exact) mass is 300 g/mol. The number of carboxylic acid groups (broad SMARTS) is 1. The highest BCUT2D eigenvalue weighted by atomic mass is 32.2. The molecule has 3 N–H and O–H groups in total. The number of nitrogen functional groups attached to an aromatic ring is 1. The van der Waals surface area contributed by atoms with E-state index in [4.69, 9.17) is 10.8 Å². The number of carboxylic acids is 1. The minimum atomic E-state index is -3.87. The van der Waals surface area contributed by atoms with Gasteiger partial charge in [-0.1, -0.05) is 20.8 Å². The minimum Gasteiger partial charge on any atom is -0.478 e. The van der Waals surface area contributed by atoms with Gasteiger partial charge >= 0.3 is 5.97 Å². The van der Waals surface area contributed by atoms with Crippen molar-refractivity contribution in [2.45, 2.75) is 25.7 Å². The summed E-state index contributed by atoms with van der Waals surface area (Å²) in [6.07, 6.45) is 0. The van der Waals surface area contributed by atoms with E-state index in [2.05, 4.69) is 0 Å². The van der Waals surface area contributed by atoms with Crippen LogP contribution in [0.3, 0.4) is 0 Å². The molecule has 0 bridgehead atoms. The van der Waals surface area contributed by atoms with Gasteiger partial charge in [-0.15, -0.1) is 0 Å². The van der Waals surface area contributed by atoms with Crippen LogP contribution >= 0.6 is 0 Å². The molecule has 0 heterocycles. The molecule has 112 valence electrons. The molecule has 0 amide bonds. The van der Waals surface area contributed by atoms with Crippen molar-refractivity contribution >= 4 is 21.7 Å². The zero-order valence-corrected chi connectivity index (χ0v) is 12.6. The zero-order chi connectivity index (χ0) is 15.5. The van der Waals surface area contributed by atoms with Gasteiger partial charge in [-0.3, -0.25) is 0 Å². The first kappa shape index (κ1) is 16.5. The summed E-state index contributed by atoms with van der Waals surface area (Å²) in [5.74, 6) is -1.15. The molecule has 0 radical (unpaired) electrons. The molecule has 0 atom stereocenters. The largest absolute Gasteiger partial charge is 0.478 e. The molecule has 0 aliphatic rings. The van der Waals surface area contributed by atoms with Crippen molar-refractivity contribution in [3.05, 3.63) is 23.8 Å². The highest BCUT2D eigenvalue weighted by molar-refractivity contribution is 7.89. The van der Waals surface area contributed by atoms with Gasteiger partial charge in [-0.2, -0.15) is 4.31 Å². The average Bonchev–Trinajstić information content (AvgIpc) is 2.34. The van der Waals surface area contributed by atoms with E-state index < -0.39 is 16.0 Å². The first-order valence-electron chi connectivity index (χ1n) is 6.33. The van der Waals surface area contributed by atoms with Crippen molar-refractivity contribution in [1.29, 1.82) is 0 Å². The summed E-state index contributed by atoms with van der Waals surface area (Å²) in [4.78, 5) is 10.9. The number of benzene rings is 1. The molecule has 0 saturated carbocycles. The Labute approximate surface area is 119 Å². The summed E-state index contributed by atoms with van der Waals surface area (Å²) in [7, 11) is -3.87. The van der Waals surface area contributed by atoms with Crippen molar-refractivity contribution < 1.29 is 18.3 Å². The van der Waals surface area contributed by atoms with Gasteiger partial charge in [-0.05, 0) is 24.1 Å². The van der Waals surface area contributed by atoms with Crippen LogP contribution in [-0.4, -0.2) is 36.9 Å². The zero-order valence-electron chi connectivity index (χ0n) is 11.8. The normalized spacial score (nSPS) is 12.1. The lowest BCUT2D eigenvalue weighted by Crippen LogP contribution is -2.35. The Morgan fingerprint density at radius 1 is 1.40 bits per heavy atom. The smallest absolute Gasteiger partial charge is 0.337 e. The lowest BCUT2D eigenvalue weighted by atomic mass is 10.2. The number of anilines is 1. The quantitative estimate of drug-likeness (QED) is 0.778. The first-order chi connectivity index (χ1) is 9.20. The van der Waals surface area contributed by atoms with Crippen LogP contribution in [0.2, 0.25) is 0 Å². The second kappa shape index (κ2) is 6.23. The summed E-state index contributed by atoms with van der Waals surface area (Å²) >= 11 is 0. The summed E-state index contributed by atoms with van der Waals surface area (Å²) in [6.45, 7) is 6.11. The number of hydrogen-bond acceptors (Lipinski definition) is 4. The predicted molar refractivity (Wildman–Crippen MR) is 77.1 cm³/mol. The van der Waals surface area contributed by atoms with E-state index in [1.54, 1.807) is 6.92 Å². The third kappa shape index (κ3) is 3.49. The molecule has 0 fully saturated rings. The number of hydrogen-bond donors (Lipinski definition) is 2. The molecule has 0 aliphatic carbocycles. The van der Waals surface area contributed by atoms with Crippen LogP contribution in [0.1, 0.15) is 31.1 Å². The number of aromatic carboxylic acids is 1. The van der Waals surface area contributed by atoms with E-state index in [1.165, 1.54) is 22.5 Å². The Hall–Kier alpha value is -1.60. The van der Waals surface area contributed by atoms with E-state index in [0.29, 0.717) is 6.54 Å². The van der Waals surface area contributed by atoms with Crippen LogP contribution in [0.4, 0.5) is 5.69 Å². The number of nitrogens with zero attached hydrogens (tertiary/aromatic N) is 1. The molecule has 0 spiro atoms. The first-order valence-corrected chi connectivity index (χ1v) is 7.77. The predicted octanol–water partition coefficient (Wildman–Crippen LogP) is 1.63. The van der Waals surface area contributed by atoms with Crippen LogP contribution in [0.25, 0.3) is 0 Å². The topological polar surface area (TPSA) is 101 Å². The summed E-state index contributed by atoms with van der Waals surface area (Å²) in [5.41, 5.74) is 5.55. The fourth-order valence-corrected chi connectivity index (χ4v) is 3.70. The van der Waals surface area contributed by atoms with Gasteiger partial charge in [0, 0.05) is 18.8 Å². The Bertz CT molecular complexity index is 596. The lowest BCUT2D eigenvalue weighted by molar-refractivity contribution is 0.0692. The summed E-state index contributed by atoms with van der Waals surface area (Å²) < 4.78 is 26.4. The number of nitrogens with two attached hydrogens (primary N) is 1. The Morgan fingerprint density at radius 2 is 2.00 bits per heavy atom. The lowest BCUT2D eigenvalue weighted by Gasteiger charge is -2.23. The van der Waals surface area contributed by atoms with Crippen LogP contribution < -0.4 is 5.73 Å². The molecule has 0 aromatic heterocycles. The van der Waals surface area contributed by atoms with E-state index in [1.807, 2.05) is 13.8 Å². The van der Waals surface area contributed by atoms with E-state index in [0.717, 1.165) is 0 Å². The fraction of sp³-hybridized carbons (Fsp3) is 0.462. The molecule has 0 aliphatic heterocycles. The van der Waals surface area contributed by atoms with Gasteiger partial charge in [-0.25, -0.2) is 13.2 Å². The van der Waals surface area contributed by atoms with Crippen molar-refractivity contribution in [3.8, 4) is 0 Å². The van der Waals surface area contributed by atoms with Crippen LogP contribution in [-0.2, 0) is 10.0 Å². The molecular weight excluding hydrogens is 280 g/mol. The van der Waals surface area contributed by atoms with E-state index in [-0.39, 0.29) is 28.6 Å². The molecule has 7 heteroatoms. The maximum absolute atomic E-state index is 12.6. The third-order valence-electron chi connectivity index (χ3n) is 2.78. The second-order valence-electron chi connectivity index (χ2n) is 4.91. The van der Waals surface area contributed by atoms with Gasteiger partial charge in [0.25, 0.3) is 0 Å².